The molecule has 0 aromatic rings. The molecule has 0 bridgehead atoms. The van der Waals surface area contributed by atoms with E-state index in [1.165, 1.54) is 32.1 Å². The van der Waals surface area contributed by atoms with Crippen LogP contribution in [-0.2, 0) is 20.9 Å². The average molecular weight is 222 g/mol. The molecule has 0 amide bonds. The average Bonchev–Trinajstić information content (AvgIpc) is 2.04. The summed E-state index contributed by atoms with van der Waals surface area (Å²) >= 11 is 5.29. The van der Waals surface area contributed by atoms with Gasteiger partial charge < -0.3 is 9.05 Å². The van der Waals surface area contributed by atoms with Crippen LogP contribution in [0.5, 0.6) is 0 Å². The van der Waals surface area contributed by atoms with E-state index >= 15 is 0 Å². The van der Waals surface area contributed by atoms with E-state index < -0.39 is 6.49 Å². The van der Waals surface area contributed by atoms with Gasteiger partial charge >= 0.3 is 0 Å². The fourth-order valence-electron chi connectivity index (χ4n) is 1.71. The zero-order valence-electron chi connectivity index (χ0n) is 8.49. The third kappa shape index (κ3) is 4.55. The lowest BCUT2D eigenvalue weighted by Gasteiger charge is -2.27. The minimum absolute atomic E-state index is 0.371. The second kappa shape index (κ2) is 5.45. The molecule has 0 aromatic heterocycles. The van der Waals surface area contributed by atoms with Crippen LogP contribution in [0.4, 0.5) is 0 Å². The van der Waals surface area contributed by atoms with Crippen molar-refractivity contribution in [1.29, 1.82) is 0 Å². The van der Waals surface area contributed by atoms with Gasteiger partial charge in [-0.1, -0.05) is 19.3 Å². The van der Waals surface area contributed by atoms with Crippen LogP contribution >= 0.6 is 6.49 Å². The lowest BCUT2D eigenvalue weighted by molar-refractivity contribution is 0.144. The Balaban J connectivity index is 2.32. The Bertz CT molecular complexity index is 190. The molecule has 1 aliphatic carbocycles. The van der Waals surface area contributed by atoms with Crippen molar-refractivity contribution >= 4 is 18.3 Å². The van der Waals surface area contributed by atoms with E-state index in [4.69, 9.17) is 20.9 Å². The van der Waals surface area contributed by atoms with Crippen molar-refractivity contribution in [3.05, 3.63) is 0 Å². The first-order valence-electron chi connectivity index (χ1n) is 5.04. The van der Waals surface area contributed by atoms with Gasteiger partial charge in [-0.2, -0.15) is 0 Å². The smallest absolute Gasteiger partial charge is 0.185 e. The van der Waals surface area contributed by atoms with Gasteiger partial charge in [0.2, 0.25) is 0 Å². The minimum Gasteiger partial charge on any atom is -0.330 e. The first-order chi connectivity index (χ1) is 6.14. The second-order valence-corrected chi connectivity index (χ2v) is 7.56. The molecule has 0 aromatic carbocycles. The third-order valence-electron chi connectivity index (χ3n) is 2.26. The first-order valence-corrected chi connectivity index (χ1v) is 8.13. The van der Waals surface area contributed by atoms with Crippen LogP contribution in [0.3, 0.4) is 0 Å². The van der Waals surface area contributed by atoms with Crippen molar-refractivity contribution in [1.82, 2.24) is 0 Å². The molecular formula is C9H19O2PS. The third-order valence-corrected chi connectivity index (χ3v) is 4.24. The van der Waals surface area contributed by atoms with Gasteiger partial charge in [-0.25, -0.2) is 0 Å². The van der Waals surface area contributed by atoms with Crippen molar-refractivity contribution in [2.75, 3.05) is 13.3 Å². The molecule has 78 valence electrons. The largest absolute Gasteiger partial charge is 0.330 e. The number of hydrogen-bond acceptors (Lipinski definition) is 3. The number of hydrogen-bond donors (Lipinski definition) is 0. The Morgan fingerprint density at radius 1 is 1.31 bits per heavy atom. The van der Waals surface area contributed by atoms with Gasteiger partial charge in [0.05, 0.1) is 12.7 Å². The predicted molar refractivity (Wildman–Crippen MR) is 59.8 cm³/mol. The van der Waals surface area contributed by atoms with Crippen molar-refractivity contribution < 1.29 is 9.05 Å². The maximum atomic E-state index is 5.82. The van der Waals surface area contributed by atoms with E-state index in [9.17, 15) is 0 Å². The standard InChI is InChI=1S/C9H19O2PS/c1-3-10-12(2,13)11-9-7-5-4-6-8-9/h9H,3-8H2,1-2H3. The summed E-state index contributed by atoms with van der Waals surface area (Å²) in [7, 11) is 0. The summed E-state index contributed by atoms with van der Waals surface area (Å²) in [6.45, 7) is 2.64. The second-order valence-electron chi connectivity index (χ2n) is 3.55. The van der Waals surface area contributed by atoms with E-state index in [2.05, 4.69) is 0 Å². The van der Waals surface area contributed by atoms with E-state index in [0.29, 0.717) is 12.7 Å². The molecule has 0 heterocycles. The number of rotatable bonds is 4. The van der Waals surface area contributed by atoms with Gasteiger partial charge in [-0.3, -0.25) is 0 Å². The summed E-state index contributed by atoms with van der Waals surface area (Å²) in [6, 6.07) is 0. The molecule has 13 heavy (non-hydrogen) atoms. The molecule has 2 nitrogen and oxygen atoms in total. The van der Waals surface area contributed by atoms with Gasteiger partial charge in [-0.15, -0.1) is 0 Å². The van der Waals surface area contributed by atoms with Gasteiger partial charge in [0.25, 0.3) is 0 Å². The van der Waals surface area contributed by atoms with Crippen LogP contribution in [0.25, 0.3) is 0 Å². The molecule has 4 heteroatoms. The zero-order chi connectivity index (χ0) is 9.73. The highest BCUT2D eigenvalue weighted by atomic mass is 32.5. The molecule has 1 rings (SSSR count). The van der Waals surface area contributed by atoms with E-state index in [1.54, 1.807) is 0 Å². The summed E-state index contributed by atoms with van der Waals surface area (Å²) < 4.78 is 11.3. The Labute approximate surface area is 86.2 Å². The maximum absolute atomic E-state index is 5.82. The molecule has 1 aliphatic rings. The Kier molecular flexibility index (Phi) is 4.88. The molecule has 1 saturated carbocycles. The van der Waals surface area contributed by atoms with Crippen molar-refractivity contribution in [2.45, 2.75) is 45.1 Å². The molecular weight excluding hydrogens is 203 g/mol. The van der Waals surface area contributed by atoms with E-state index in [0.717, 1.165) is 0 Å². The Morgan fingerprint density at radius 2 is 1.92 bits per heavy atom. The van der Waals surface area contributed by atoms with Crippen molar-refractivity contribution in [3.63, 3.8) is 0 Å². The summed E-state index contributed by atoms with van der Waals surface area (Å²) in [5, 5.41) is 0. The van der Waals surface area contributed by atoms with Gasteiger partial charge in [0, 0.05) is 6.66 Å². The molecule has 0 aliphatic heterocycles. The molecule has 0 N–H and O–H groups in total. The lowest BCUT2D eigenvalue weighted by Crippen LogP contribution is -2.15. The highest BCUT2D eigenvalue weighted by Gasteiger charge is 2.20. The van der Waals surface area contributed by atoms with Gasteiger partial charge in [-0.05, 0) is 31.6 Å². The van der Waals surface area contributed by atoms with Crippen molar-refractivity contribution in [3.8, 4) is 0 Å². The summed E-state index contributed by atoms with van der Waals surface area (Å²) in [5.41, 5.74) is 0. The Hall–Kier alpha value is 0.570. The van der Waals surface area contributed by atoms with Crippen LogP contribution in [0.1, 0.15) is 39.0 Å². The van der Waals surface area contributed by atoms with Crippen LogP contribution in [0, 0.1) is 0 Å². The quantitative estimate of drug-likeness (QED) is 0.680. The van der Waals surface area contributed by atoms with Gasteiger partial charge in [0.15, 0.2) is 6.49 Å². The molecule has 1 atom stereocenters. The van der Waals surface area contributed by atoms with E-state index in [1.807, 2.05) is 13.6 Å². The molecule has 0 spiro atoms. The van der Waals surface area contributed by atoms with E-state index in [-0.39, 0.29) is 0 Å². The van der Waals surface area contributed by atoms with Crippen LogP contribution in [0.15, 0.2) is 0 Å². The highest BCUT2D eigenvalue weighted by molar-refractivity contribution is 8.09. The summed E-state index contributed by atoms with van der Waals surface area (Å²) in [5.74, 6) is 0. The van der Waals surface area contributed by atoms with Crippen LogP contribution in [-0.4, -0.2) is 19.4 Å². The molecule has 0 radical (unpaired) electrons. The lowest BCUT2D eigenvalue weighted by atomic mass is 9.98. The molecule has 1 unspecified atom stereocenters. The minimum atomic E-state index is -1.93. The van der Waals surface area contributed by atoms with Crippen LogP contribution in [0.2, 0.25) is 0 Å². The predicted octanol–water partition coefficient (Wildman–Crippen LogP) is 3.31. The molecule has 0 saturated heterocycles. The first kappa shape index (κ1) is 11.6. The summed E-state index contributed by atoms with van der Waals surface area (Å²) in [6.07, 6.45) is 6.62. The van der Waals surface area contributed by atoms with Crippen molar-refractivity contribution in [2.24, 2.45) is 0 Å². The fraction of sp³-hybridized carbons (Fsp3) is 1.00. The van der Waals surface area contributed by atoms with Gasteiger partial charge in [0.1, 0.15) is 0 Å². The summed E-state index contributed by atoms with van der Waals surface area (Å²) in [4.78, 5) is 0. The van der Waals surface area contributed by atoms with Crippen LogP contribution < -0.4 is 0 Å². The SMILES string of the molecule is CCOP(C)(=S)OC1CCCCC1. The fourth-order valence-corrected chi connectivity index (χ4v) is 3.67. The highest BCUT2D eigenvalue weighted by Crippen LogP contribution is 2.47. The normalized spacial score (nSPS) is 24.2. The monoisotopic (exact) mass is 222 g/mol. The Morgan fingerprint density at radius 3 is 2.46 bits per heavy atom. The topological polar surface area (TPSA) is 18.5 Å². The molecule has 1 fully saturated rings. The maximum Gasteiger partial charge on any atom is 0.185 e. The zero-order valence-corrected chi connectivity index (χ0v) is 10.2.